The Morgan fingerprint density at radius 1 is 1.25 bits per heavy atom. The van der Waals surface area contributed by atoms with E-state index < -0.39 is 0 Å². The molecule has 1 unspecified atom stereocenters. The highest BCUT2D eigenvalue weighted by molar-refractivity contribution is 5.91. The molecule has 1 atom stereocenters. The molecule has 0 bridgehead atoms. The van der Waals surface area contributed by atoms with E-state index in [-0.39, 0.29) is 11.6 Å². The van der Waals surface area contributed by atoms with Crippen molar-refractivity contribution in [3.05, 3.63) is 42.7 Å². The molecule has 24 heavy (non-hydrogen) atoms. The van der Waals surface area contributed by atoms with Crippen molar-refractivity contribution in [1.82, 2.24) is 14.7 Å². The van der Waals surface area contributed by atoms with Gasteiger partial charge < -0.3 is 19.7 Å². The number of carbonyl (C=O) groups excluding carboxylic acids is 1. The third-order valence-corrected chi connectivity index (χ3v) is 4.50. The number of benzene rings is 1. The van der Waals surface area contributed by atoms with E-state index in [0.29, 0.717) is 32.9 Å². The highest BCUT2D eigenvalue weighted by Crippen LogP contribution is 2.28. The second kappa shape index (κ2) is 6.26. The molecule has 2 fully saturated rings. The number of urea groups is 1. The number of hydrogen-bond acceptors (Lipinski definition) is 4. The van der Waals surface area contributed by atoms with Gasteiger partial charge in [-0.3, -0.25) is 0 Å². The van der Waals surface area contributed by atoms with Gasteiger partial charge in [-0.2, -0.15) is 5.10 Å². The van der Waals surface area contributed by atoms with E-state index in [1.807, 2.05) is 36.5 Å². The number of nitrogens with one attached hydrogen (secondary N) is 1. The van der Waals surface area contributed by atoms with Crippen molar-refractivity contribution >= 4 is 11.7 Å². The summed E-state index contributed by atoms with van der Waals surface area (Å²) < 4.78 is 13.1. The van der Waals surface area contributed by atoms with E-state index >= 15 is 0 Å². The van der Waals surface area contributed by atoms with Crippen molar-refractivity contribution in [2.45, 2.75) is 12.0 Å². The summed E-state index contributed by atoms with van der Waals surface area (Å²) in [6, 6.07) is 9.35. The fourth-order valence-electron chi connectivity index (χ4n) is 3.23. The Morgan fingerprint density at radius 3 is 2.96 bits per heavy atom. The fourth-order valence-corrected chi connectivity index (χ4v) is 3.23. The van der Waals surface area contributed by atoms with Crippen LogP contribution in [-0.4, -0.2) is 59.2 Å². The van der Waals surface area contributed by atoms with Gasteiger partial charge in [-0.25, -0.2) is 9.48 Å². The number of amides is 2. The molecule has 7 nitrogen and oxygen atoms in total. The third-order valence-electron chi connectivity index (χ3n) is 4.50. The van der Waals surface area contributed by atoms with Crippen molar-refractivity contribution in [3.8, 4) is 5.69 Å². The summed E-state index contributed by atoms with van der Waals surface area (Å²) in [4.78, 5) is 14.5. The molecule has 7 heteroatoms. The molecule has 2 aromatic rings. The Morgan fingerprint density at radius 2 is 2.17 bits per heavy atom. The number of morpholine rings is 1. The molecule has 1 aromatic carbocycles. The first-order chi connectivity index (χ1) is 11.8. The standard InChI is InChI=1S/C17H20N4O3/c22-16(20-9-11-24-17(12-20)6-10-23-13-17)19-14-4-1-2-5-15(14)21-8-3-7-18-21/h1-5,7-8H,6,9-13H2,(H,19,22). The van der Waals surface area contributed by atoms with Crippen LogP contribution < -0.4 is 5.32 Å². The molecule has 2 aliphatic rings. The van der Waals surface area contributed by atoms with Gasteiger partial charge in [0.25, 0.3) is 0 Å². The molecule has 0 saturated carbocycles. The minimum Gasteiger partial charge on any atom is -0.378 e. The first-order valence-corrected chi connectivity index (χ1v) is 8.13. The first-order valence-electron chi connectivity index (χ1n) is 8.13. The lowest BCUT2D eigenvalue weighted by Crippen LogP contribution is -2.55. The van der Waals surface area contributed by atoms with E-state index in [2.05, 4.69) is 10.4 Å². The molecule has 2 amide bonds. The van der Waals surface area contributed by atoms with Crippen LogP contribution in [-0.2, 0) is 9.47 Å². The molecular weight excluding hydrogens is 308 g/mol. The van der Waals surface area contributed by atoms with Crippen molar-refractivity contribution in [3.63, 3.8) is 0 Å². The van der Waals surface area contributed by atoms with Crippen LogP contribution in [0.1, 0.15) is 6.42 Å². The topological polar surface area (TPSA) is 68.6 Å². The fraction of sp³-hybridized carbons (Fsp3) is 0.412. The van der Waals surface area contributed by atoms with Crippen LogP contribution in [0.3, 0.4) is 0 Å². The number of rotatable bonds is 2. The lowest BCUT2D eigenvalue weighted by molar-refractivity contribution is -0.0964. The summed E-state index contributed by atoms with van der Waals surface area (Å²) in [7, 11) is 0. The maximum atomic E-state index is 12.7. The molecule has 0 aliphatic carbocycles. The summed E-state index contributed by atoms with van der Waals surface area (Å²) >= 11 is 0. The maximum absolute atomic E-state index is 12.7. The second-order valence-corrected chi connectivity index (χ2v) is 6.15. The van der Waals surface area contributed by atoms with E-state index in [1.54, 1.807) is 15.8 Å². The number of hydrogen-bond donors (Lipinski definition) is 1. The average Bonchev–Trinajstić information content (AvgIpc) is 3.28. The zero-order valence-electron chi connectivity index (χ0n) is 13.4. The minimum absolute atomic E-state index is 0.121. The molecule has 126 valence electrons. The van der Waals surface area contributed by atoms with Crippen LogP contribution in [0.25, 0.3) is 5.69 Å². The van der Waals surface area contributed by atoms with E-state index in [1.165, 1.54) is 0 Å². The predicted molar refractivity (Wildman–Crippen MR) is 88.3 cm³/mol. The molecule has 3 heterocycles. The van der Waals surface area contributed by atoms with Gasteiger partial charge in [0.05, 0.1) is 31.1 Å². The number of anilines is 1. The number of para-hydroxylation sites is 2. The third kappa shape index (κ3) is 2.88. The van der Waals surface area contributed by atoms with Crippen LogP contribution in [0.4, 0.5) is 10.5 Å². The summed E-state index contributed by atoms with van der Waals surface area (Å²) in [6.45, 7) is 2.93. The predicted octanol–water partition coefficient (Wildman–Crippen LogP) is 1.90. The van der Waals surface area contributed by atoms with E-state index in [0.717, 1.165) is 17.8 Å². The van der Waals surface area contributed by atoms with Gasteiger partial charge in [0, 0.05) is 32.0 Å². The van der Waals surface area contributed by atoms with Crippen molar-refractivity contribution in [2.24, 2.45) is 0 Å². The molecule has 0 radical (unpaired) electrons. The smallest absolute Gasteiger partial charge is 0.322 e. The Hall–Kier alpha value is -2.38. The zero-order valence-corrected chi connectivity index (χ0v) is 13.4. The lowest BCUT2D eigenvalue weighted by Gasteiger charge is -2.39. The quantitative estimate of drug-likeness (QED) is 0.914. The van der Waals surface area contributed by atoms with Gasteiger partial charge >= 0.3 is 6.03 Å². The van der Waals surface area contributed by atoms with Crippen LogP contribution in [0.2, 0.25) is 0 Å². The van der Waals surface area contributed by atoms with Crippen LogP contribution in [0.5, 0.6) is 0 Å². The monoisotopic (exact) mass is 328 g/mol. The number of nitrogens with zero attached hydrogens (tertiary/aromatic N) is 3. The van der Waals surface area contributed by atoms with E-state index in [4.69, 9.17) is 9.47 Å². The van der Waals surface area contributed by atoms with Crippen LogP contribution in [0, 0.1) is 0 Å². The average molecular weight is 328 g/mol. The zero-order chi connectivity index (χ0) is 16.4. The highest BCUT2D eigenvalue weighted by atomic mass is 16.6. The summed E-state index contributed by atoms with van der Waals surface area (Å²) in [5.74, 6) is 0. The Balaban J connectivity index is 1.50. The number of aromatic nitrogens is 2. The van der Waals surface area contributed by atoms with Crippen molar-refractivity contribution in [1.29, 1.82) is 0 Å². The molecule has 2 aliphatic heterocycles. The Labute approximate surface area is 140 Å². The number of carbonyl (C=O) groups is 1. The largest absolute Gasteiger partial charge is 0.378 e. The maximum Gasteiger partial charge on any atom is 0.322 e. The normalized spacial score (nSPS) is 23.6. The minimum atomic E-state index is -0.336. The van der Waals surface area contributed by atoms with Crippen LogP contribution in [0.15, 0.2) is 42.7 Å². The first kappa shape index (κ1) is 15.2. The van der Waals surface area contributed by atoms with Gasteiger partial charge in [0.15, 0.2) is 0 Å². The Bertz CT molecular complexity index is 710. The second-order valence-electron chi connectivity index (χ2n) is 6.15. The molecule has 1 N–H and O–H groups in total. The molecule has 1 spiro atoms. The van der Waals surface area contributed by atoms with Gasteiger partial charge in [-0.05, 0) is 18.2 Å². The highest BCUT2D eigenvalue weighted by Gasteiger charge is 2.41. The van der Waals surface area contributed by atoms with Gasteiger partial charge in [0.2, 0.25) is 0 Å². The van der Waals surface area contributed by atoms with E-state index in [9.17, 15) is 4.79 Å². The lowest BCUT2D eigenvalue weighted by atomic mass is 10.0. The molecule has 1 aromatic heterocycles. The summed E-state index contributed by atoms with van der Waals surface area (Å²) in [5.41, 5.74) is 1.23. The SMILES string of the molecule is O=C(Nc1ccccc1-n1cccn1)N1CCOC2(CCOC2)C1. The molecule has 4 rings (SSSR count). The summed E-state index contributed by atoms with van der Waals surface area (Å²) in [5, 5.41) is 7.24. The number of ether oxygens (including phenoxy) is 2. The molecular formula is C17H20N4O3. The van der Waals surface area contributed by atoms with Gasteiger partial charge in [-0.15, -0.1) is 0 Å². The van der Waals surface area contributed by atoms with Crippen LogP contribution >= 0.6 is 0 Å². The molecule has 2 saturated heterocycles. The van der Waals surface area contributed by atoms with Crippen molar-refractivity contribution in [2.75, 3.05) is 38.2 Å². The van der Waals surface area contributed by atoms with Gasteiger partial charge in [-0.1, -0.05) is 12.1 Å². The van der Waals surface area contributed by atoms with Crippen molar-refractivity contribution < 1.29 is 14.3 Å². The van der Waals surface area contributed by atoms with Gasteiger partial charge in [0.1, 0.15) is 5.60 Å². The summed E-state index contributed by atoms with van der Waals surface area (Å²) in [6.07, 6.45) is 4.40. The Kier molecular flexibility index (Phi) is 3.95.